The van der Waals surface area contributed by atoms with Gasteiger partial charge in [-0.3, -0.25) is 4.98 Å². The van der Waals surface area contributed by atoms with Gasteiger partial charge in [-0.2, -0.15) is 0 Å². The van der Waals surface area contributed by atoms with Crippen LogP contribution in [-0.4, -0.2) is 4.98 Å². The Morgan fingerprint density at radius 1 is 0.889 bits per heavy atom. The predicted octanol–water partition coefficient (Wildman–Crippen LogP) is 4.48. The van der Waals surface area contributed by atoms with Crippen LogP contribution in [0.1, 0.15) is 11.1 Å². The highest BCUT2D eigenvalue weighted by Gasteiger charge is 2.02. The molecule has 0 aliphatic heterocycles. The van der Waals surface area contributed by atoms with Crippen molar-refractivity contribution >= 4 is 22.4 Å². The molecule has 0 fully saturated rings. The second kappa shape index (κ2) is 4.79. The Hall–Kier alpha value is -1.86. The van der Waals surface area contributed by atoms with Crippen molar-refractivity contribution in [1.82, 2.24) is 4.98 Å². The van der Waals surface area contributed by atoms with Gasteiger partial charge in [-0.05, 0) is 35.1 Å². The molecule has 1 aromatic heterocycles. The van der Waals surface area contributed by atoms with E-state index in [4.69, 9.17) is 11.6 Å². The van der Waals surface area contributed by atoms with Crippen molar-refractivity contribution in [2.24, 2.45) is 0 Å². The van der Waals surface area contributed by atoms with E-state index in [9.17, 15) is 0 Å². The van der Waals surface area contributed by atoms with Crippen molar-refractivity contribution in [2.75, 3.05) is 0 Å². The SMILES string of the molecule is Clc1ccc(Cc2cncc3ccccc23)cc1. The quantitative estimate of drug-likeness (QED) is 0.656. The molecule has 2 aromatic carbocycles. The first-order valence-corrected chi connectivity index (χ1v) is 6.27. The Bertz CT molecular complexity index is 669. The summed E-state index contributed by atoms with van der Waals surface area (Å²) in [5, 5.41) is 3.22. The van der Waals surface area contributed by atoms with Crippen molar-refractivity contribution in [3.63, 3.8) is 0 Å². The summed E-state index contributed by atoms with van der Waals surface area (Å²) in [6.45, 7) is 0. The minimum atomic E-state index is 0.773. The minimum absolute atomic E-state index is 0.773. The van der Waals surface area contributed by atoms with Crippen LogP contribution in [0.4, 0.5) is 0 Å². The maximum Gasteiger partial charge on any atom is 0.0406 e. The zero-order valence-corrected chi connectivity index (χ0v) is 10.6. The second-order valence-electron chi connectivity index (χ2n) is 4.32. The molecular formula is C16H12ClN. The molecule has 1 nitrogen and oxygen atoms in total. The first-order valence-electron chi connectivity index (χ1n) is 5.89. The number of fused-ring (bicyclic) bond motifs is 1. The number of rotatable bonds is 2. The Kier molecular flexibility index (Phi) is 2.99. The Morgan fingerprint density at radius 3 is 2.50 bits per heavy atom. The summed E-state index contributed by atoms with van der Waals surface area (Å²) < 4.78 is 0. The highest BCUT2D eigenvalue weighted by atomic mass is 35.5. The number of benzene rings is 2. The number of aromatic nitrogens is 1. The average Bonchev–Trinajstić information content (AvgIpc) is 2.42. The standard InChI is InChI=1S/C16H12ClN/c17-15-7-5-12(6-8-15)9-14-11-18-10-13-3-1-2-4-16(13)14/h1-8,10-11H,9H2. The Balaban J connectivity index is 2.02. The summed E-state index contributed by atoms with van der Waals surface area (Å²) in [6, 6.07) is 16.3. The third-order valence-corrected chi connectivity index (χ3v) is 3.31. The van der Waals surface area contributed by atoms with Crippen molar-refractivity contribution in [1.29, 1.82) is 0 Å². The fourth-order valence-corrected chi connectivity index (χ4v) is 2.27. The van der Waals surface area contributed by atoms with Gasteiger partial charge in [0.25, 0.3) is 0 Å². The molecule has 0 atom stereocenters. The van der Waals surface area contributed by atoms with E-state index in [0.717, 1.165) is 11.4 Å². The molecule has 0 bridgehead atoms. The summed E-state index contributed by atoms with van der Waals surface area (Å²) in [5.74, 6) is 0. The van der Waals surface area contributed by atoms with Gasteiger partial charge in [-0.15, -0.1) is 0 Å². The maximum absolute atomic E-state index is 5.90. The highest BCUT2D eigenvalue weighted by molar-refractivity contribution is 6.30. The number of halogens is 1. The summed E-state index contributed by atoms with van der Waals surface area (Å²) >= 11 is 5.90. The summed E-state index contributed by atoms with van der Waals surface area (Å²) in [6.07, 6.45) is 4.73. The molecule has 0 spiro atoms. The predicted molar refractivity (Wildman–Crippen MR) is 76.0 cm³/mol. The van der Waals surface area contributed by atoms with E-state index in [1.54, 1.807) is 0 Å². The van der Waals surface area contributed by atoms with Gasteiger partial charge in [0.15, 0.2) is 0 Å². The molecule has 2 heteroatoms. The fourth-order valence-electron chi connectivity index (χ4n) is 2.14. The van der Waals surface area contributed by atoms with Crippen molar-refractivity contribution < 1.29 is 0 Å². The van der Waals surface area contributed by atoms with E-state index in [2.05, 4.69) is 35.3 Å². The van der Waals surface area contributed by atoms with Crippen LogP contribution in [0.5, 0.6) is 0 Å². The zero-order chi connectivity index (χ0) is 12.4. The molecule has 0 saturated heterocycles. The maximum atomic E-state index is 5.90. The number of pyridine rings is 1. The largest absolute Gasteiger partial charge is 0.264 e. The molecule has 0 radical (unpaired) electrons. The molecule has 18 heavy (non-hydrogen) atoms. The van der Waals surface area contributed by atoms with Crippen molar-refractivity contribution in [3.8, 4) is 0 Å². The van der Waals surface area contributed by atoms with E-state index < -0.39 is 0 Å². The van der Waals surface area contributed by atoms with Gasteiger partial charge in [0, 0.05) is 22.8 Å². The molecule has 3 rings (SSSR count). The van der Waals surface area contributed by atoms with Gasteiger partial charge in [-0.25, -0.2) is 0 Å². The average molecular weight is 254 g/mol. The van der Waals surface area contributed by atoms with Crippen molar-refractivity contribution in [2.45, 2.75) is 6.42 Å². The number of hydrogen-bond donors (Lipinski definition) is 0. The zero-order valence-electron chi connectivity index (χ0n) is 9.81. The molecule has 3 aromatic rings. The number of hydrogen-bond acceptors (Lipinski definition) is 1. The molecule has 0 aliphatic rings. The molecule has 0 saturated carbocycles. The van der Waals surface area contributed by atoms with E-state index in [-0.39, 0.29) is 0 Å². The minimum Gasteiger partial charge on any atom is -0.264 e. The lowest BCUT2D eigenvalue weighted by atomic mass is 10.0. The van der Waals surface area contributed by atoms with Gasteiger partial charge in [0.05, 0.1) is 0 Å². The monoisotopic (exact) mass is 253 g/mol. The van der Waals surface area contributed by atoms with Crippen LogP contribution in [0.15, 0.2) is 60.9 Å². The molecule has 0 N–H and O–H groups in total. The molecule has 0 amide bonds. The highest BCUT2D eigenvalue weighted by Crippen LogP contribution is 2.20. The van der Waals surface area contributed by atoms with Gasteiger partial charge in [-0.1, -0.05) is 48.0 Å². The van der Waals surface area contributed by atoms with Gasteiger partial charge >= 0.3 is 0 Å². The van der Waals surface area contributed by atoms with Gasteiger partial charge in [0.1, 0.15) is 0 Å². The topological polar surface area (TPSA) is 12.9 Å². The van der Waals surface area contributed by atoms with Gasteiger partial charge in [0.2, 0.25) is 0 Å². The molecule has 88 valence electrons. The van der Waals surface area contributed by atoms with Crippen LogP contribution in [-0.2, 0) is 6.42 Å². The molecule has 0 aliphatic carbocycles. The summed E-state index contributed by atoms with van der Waals surface area (Å²) in [4.78, 5) is 4.30. The lowest BCUT2D eigenvalue weighted by Gasteiger charge is -2.06. The summed E-state index contributed by atoms with van der Waals surface area (Å²) in [5.41, 5.74) is 2.49. The van der Waals surface area contributed by atoms with E-state index >= 15 is 0 Å². The number of nitrogens with zero attached hydrogens (tertiary/aromatic N) is 1. The lowest BCUT2D eigenvalue weighted by molar-refractivity contribution is 1.17. The van der Waals surface area contributed by atoms with E-state index in [0.29, 0.717) is 0 Å². The first kappa shape index (κ1) is 11.2. The molecular weight excluding hydrogens is 242 g/mol. The van der Waals surface area contributed by atoms with Crippen LogP contribution in [0, 0.1) is 0 Å². The van der Waals surface area contributed by atoms with E-state index in [1.807, 2.05) is 30.6 Å². The third-order valence-electron chi connectivity index (χ3n) is 3.06. The van der Waals surface area contributed by atoms with E-state index in [1.165, 1.54) is 21.9 Å². The smallest absolute Gasteiger partial charge is 0.0406 e. The Morgan fingerprint density at radius 2 is 1.67 bits per heavy atom. The Labute approximate surface area is 111 Å². The van der Waals surface area contributed by atoms with Crippen LogP contribution >= 0.6 is 11.6 Å². The fraction of sp³-hybridized carbons (Fsp3) is 0.0625. The van der Waals surface area contributed by atoms with Crippen LogP contribution in [0.25, 0.3) is 10.8 Å². The van der Waals surface area contributed by atoms with Crippen LogP contribution < -0.4 is 0 Å². The second-order valence-corrected chi connectivity index (χ2v) is 4.76. The molecule has 1 heterocycles. The molecule has 0 unspecified atom stereocenters. The first-order chi connectivity index (χ1) is 8.83. The lowest BCUT2D eigenvalue weighted by Crippen LogP contribution is -1.91. The van der Waals surface area contributed by atoms with Crippen LogP contribution in [0.3, 0.4) is 0 Å². The van der Waals surface area contributed by atoms with Crippen LogP contribution in [0.2, 0.25) is 5.02 Å². The van der Waals surface area contributed by atoms with Crippen molar-refractivity contribution in [3.05, 3.63) is 77.1 Å². The normalized spacial score (nSPS) is 10.7. The summed E-state index contributed by atoms with van der Waals surface area (Å²) in [7, 11) is 0. The van der Waals surface area contributed by atoms with Gasteiger partial charge < -0.3 is 0 Å². The third kappa shape index (κ3) is 2.22.